The van der Waals surface area contributed by atoms with Gasteiger partial charge in [0, 0.05) is 4.90 Å². The van der Waals surface area contributed by atoms with E-state index in [9.17, 15) is 14.5 Å². The Morgan fingerprint density at radius 2 is 2.00 bits per heavy atom. The number of nitrogens with zero attached hydrogens (tertiary/aromatic N) is 2. The number of halogens is 1. The average Bonchev–Trinajstić information content (AvgIpc) is 2.32. The molecule has 0 atom stereocenters. The minimum atomic E-state index is -0.714. The second-order valence-corrected chi connectivity index (χ2v) is 4.21. The lowest BCUT2D eigenvalue weighted by atomic mass is 10.4. The topological polar surface area (TPSA) is 56.0 Å². The van der Waals surface area contributed by atoms with Gasteiger partial charge in [-0.1, -0.05) is 30.0 Å². The highest BCUT2D eigenvalue weighted by molar-refractivity contribution is 7.99. The molecule has 1 heterocycles. The molecule has 0 amide bonds. The fraction of sp³-hybridized carbons (Fsp3) is 0. The first-order valence-corrected chi connectivity index (χ1v) is 5.51. The van der Waals surface area contributed by atoms with E-state index in [0.717, 1.165) is 28.9 Å². The fourth-order valence-electron chi connectivity index (χ4n) is 1.23. The first kappa shape index (κ1) is 11.5. The lowest BCUT2D eigenvalue weighted by Crippen LogP contribution is -1.94. The van der Waals surface area contributed by atoms with Gasteiger partial charge in [0.15, 0.2) is 5.03 Å². The Morgan fingerprint density at radius 3 is 2.65 bits per heavy atom. The normalized spacial score (nSPS) is 10.2. The van der Waals surface area contributed by atoms with Crippen molar-refractivity contribution in [1.82, 2.24) is 4.98 Å². The van der Waals surface area contributed by atoms with Gasteiger partial charge in [-0.2, -0.15) is 0 Å². The Labute approximate surface area is 101 Å². The van der Waals surface area contributed by atoms with Crippen molar-refractivity contribution in [2.24, 2.45) is 0 Å². The van der Waals surface area contributed by atoms with Crippen LogP contribution in [0.1, 0.15) is 0 Å². The summed E-state index contributed by atoms with van der Waals surface area (Å²) in [5, 5.41) is 10.9. The number of pyridine rings is 1. The molecule has 0 aliphatic heterocycles. The zero-order valence-corrected chi connectivity index (χ0v) is 9.36. The minimum absolute atomic E-state index is 0.183. The molecule has 0 aliphatic rings. The van der Waals surface area contributed by atoms with Crippen molar-refractivity contribution in [3.8, 4) is 0 Å². The van der Waals surface area contributed by atoms with E-state index in [1.54, 1.807) is 12.1 Å². The summed E-state index contributed by atoms with van der Waals surface area (Å²) in [4.78, 5) is 14.7. The summed E-state index contributed by atoms with van der Waals surface area (Å²) in [6.45, 7) is 0. The molecular formula is C11H7FN2O2S. The summed E-state index contributed by atoms with van der Waals surface area (Å²) in [5.74, 6) is -0.714. The Kier molecular flexibility index (Phi) is 3.34. The van der Waals surface area contributed by atoms with Crippen LogP contribution in [0.2, 0.25) is 0 Å². The molecule has 4 nitrogen and oxygen atoms in total. The molecule has 2 rings (SSSR count). The van der Waals surface area contributed by atoms with Crippen molar-refractivity contribution in [3.05, 3.63) is 58.5 Å². The molecule has 0 saturated carbocycles. The fourth-order valence-corrected chi connectivity index (χ4v) is 2.09. The van der Waals surface area contributed by atoms with Gasteiger partial charge >= 0.3 is 5.69 Å². The van der Waals surface area contributed by atoms with Gasteiger partial charge in [0.05, 0.1) is 17.2 Å². The van der Waals surface area contributed by atoms with Crippen molar-refractivity contribution in [2.75, 3.05) is 0 Å². The summed E-state index contributed by atoms with van der Waals surface area (Å²) in [6, 6.07) is 9.96. The molecule has 0 N–H and O–H groups in total. The van der Waals surface area contributed by atoms with E-state index in [0.29, 0.717) is 0 Å². The Balaban J connectivity index is 2.36. The Morgan fingerprint density at radius 1 is 1.29 bits per heavy atom. The zero-order valence-electron chi connectivity index (χ0n) is 8.54. The molecule has 1 aromatic heterocycles. The van der Waals surface area contributed by atoms with Gasteiger partial charge in [0.25, 0.3) is 0 Å². The summed E-state index contributed by atoms with van der Waals surface area (Å²) in [6.07, 6.45) is 0.971. The van der Waals surface area contributed by atoms with Crippen molar-refractivity contribution in [3.63, 3.8) is 0 Å². The molecular weight excluding hydrogens is 243 g/mol. The van der Waals surface area contributed by atoms with Gasteiger partial charge in [-0.25, -0.2) is 9.37 Å². The molecule has 86 valence electrons. The van der Waals surface area contributed by atoms with Gasteiger partial charge in [-0.3, -0.25) is 10.1 Å². The highest BCUT2D eigenvalue weighted by Gasteiger charge is 2.17. The number of aromatic nitrogens is 1. The molecule has 0 saturated heterocycles. The molecule has 0 spiro atoms. The van der Waals surface area contributed by atoms with Crippen molar-refractivity contribution in [2.45, 2.75) is 9.92 Å². The van der Waals surface area contributed by atoms with Crippen LogP contribution < -0.4 is 0 Å². The van der Waals surface area contributed by atoms with Gasteiger partial charge in [0.1, 0.15) is 5.82 Å². The first-order chi connectivity index (χ1) is 8.16. The van der Waals surface area contributed by atoms with Crippen LogP contribution >= 0.6 is 11.8 Å². The van der Waals surface area contributed by atoms with E-state index in [2.05, 4.69) is 4.98 Å². The minimum Gasteiger partial charge on any atom is -0.258 e. The van der Waals surface area contributed by atoms with E-state index in [-0.39, 0.29) is 10.7 Å². The Hall–Kier alpha value is -1.95. The maximum absolute atomic E-state index is 12.9. The van der Waals surface area contributed by atoms with E-state index in [4.69, 9.17) is 0 Å². The third kappa shape index (κ3) is 2.79. The predicted molar refractivity (Wildman–Crippen MR) is 61.4 cm³/mol. The summed E-state index contributed by atoms with van der Waals surface area (Å²) >= 11 is 1.13. The molecule has 0 radical (unpaired) electrons. The van der Waals surface area contributed by atoms with Crippen LogP contribution in [0.4, 0.5) is 10.1 Å². The van der Waals surface area contributed by atoms with Crippen LogP contribution in [0.3, 0.4) is 0 Å². The molecule has 1 aromatic carbocycles. The quantitative estimate of drug-likeness (QED) is 0.619. The second kappa shape index (κ2) is 4.92. The van der Waals surface area contributed by atoms with E-state index in [1.165, 1.54) is 0 Å². The van der Waals surface area contributed by atoms with Crippen molar-refractivity contribution in [1.29, 1.82) is 0 Å². The maximum Gasteiger partial charge on any atom is 0.304 e. The molecule has 0 fully saturated rings. The highest BCUT2D eigenvalue weighted by Crippen LogP contribution is 2.32. The van der Waals surface area contributed by atoms with Crippen LogP contribution in [0.15, 0.2) is 52.5 Å². The van der Waals surface area contributed by atoms with Crippen LogP contribution in [-0.4, -0.2) is 9.91 Å². The summed E-state index contributed by atoms with van der Waals surface area (Å²) in [7, 11) is 0. The molecule has 0 bridgehead atoms. The SMILES string of the molecule is O=[N+]([O-])c1cc(F)cnc1Sc1ccccc1. The smallest absolute Gasteiger partial charge is 0.258 e. The summed E-state index contributed by atoms with van der Waals surface area (Å²) < 4.78 is 12.9. The number of rotatable bonds is 3. The monoisotopic (exact) mass is 250 g/mol. The number of hydrogen-bond donors (Lipinski definition) is 0. The van der Waals surface area contributed by atoms with Crippen LogP contribution in [0.5, 0.6) is 0 Å². The van der Waals surface area contributed by atoms with Crippen LogP contribution in [0, 0.1) is 15.9 Å². The van der Waals surface area contributed by atoms with E-state index >= 15 is 0 Å². The lowest BCUT2D eigenvalue weighted by molar-refractivity contribution is -0.388. The molecule has 6 heteroatoms. The maximum atomic E-state index is 12.9. The highest BCUT2D eigenvalue weighted by atomic mass is 32.2. The van der Waals surface area contributed by atoms with Gasteiger partial charge in [-0.05, 0) is 12.1 Å². The van der Waals surface area contributed by atoms with Gasteiger partial charge in [0.2, 0.25) is 0 Å². The third-order valence-corrected chi connectivity index (χ3v) is 2.97. The third-order valence-electron chi connectivity index (χ3n) is 1.95. The number of benzene rings is 1. The van der Waals surface area contributed by atoms with Crippen molar-refractivity contribution >= 4 is 17.4 Å². The molecule has 2 aromatic rings. The second-order valence-electron chi connectivity index (χ2n) is 3.15. The van der Waals surface area contributed by atoms with Crippen LogP contribution in [0.25, 0.3) is 0 Å². The lowest BCUT2D eigenvalue weighted by Gasteiger charge is -2.01. The van der Waals surface area contributed by atoms with E-state index < -0.39 is 10.7 Å². The van der Waals surface area contributed by atoms with E-state index in [1.807, 2.05) is 18.2 Å². The largest absolute Gasteiger partial charge is 0.304 e. The number of hydrogen-bond acceptors (Lipinski definition) is 4. The molecule has 0 unspecified atom stereocenters. The standard InChI is InChI=1S/C11H7FN2O2S/c12-8-6-10(14(15)16)11(13-7-8)17-9-4-2-1-3-5-9/h1-7H. The van der Waals surface area contributed by atoms with Crippen molar-refractivity contribution < 1.29 is 9.31 Å². The van der Waals surface area contributed by atoms with Crippen LogP contribution in [-0.2, 0) is 0 Å². The predicted octanol–water partition coefficient (Wildman–Crippen LogP) is 3.28. The summed E-state index contributed by atoms with van der Waals surface area (Å²) in [5.41, 5.74) is -0.321. The first-order valence-electron chi connectivity index (χ1n) is 4.69. The Bertz CT molecular complexity index is 548. The molecule has 0 aliphatic carbocycles. The van der Waals surface area contributed by atoms with Gasteiger partial charge < -0.3 is 0 Å². The number of nitro groups is 1. The average molecular weight is 250 g/mol. The van der Waals surface area contributed by atoms with Gasteiger partial charge in [-0.15, -0.1) is 0 Å². The zero-order chi connectivity index (χ0) is 12.3. The molecule has 17 heavy (non-hydrogen) atoms.